The number of hydrogen-bond acceptors (Lipinski definition) is 5. The van der Waals surface area contributed by atoms with Crippen molar-refractivity contribution >= 4 is 33.4 Å². The predicted octanol–water partition coefficient (Wildman–Crippen LogP) is 0.950. The molecule has 19 heavy (non-hydrogen) atoms. The van der Waals surface area contributed by atoms with E-state index in [4.69, 9.17) is 10.8 Å². The van der Waals surface area contributed by atoms with Gasteiger partial charge in [-0.15, -0.1) is 0 Å². The van der Waals surface area contributed by atoms with Crippen LogP contribution >= 0.6 is 11.8 Å². The van der Waals surface area contributed by atoms with E-state index in [0.717, 1.165) is 10.4 Å². The van der Waals surface area contributed by atoms with Gasteiger partial charge in [-0.05, 0) is 24.5 Å². The fourth-order valence-corrected chi connectivity index (χ4v) is 3.35. The van der Waals surface area contributed by atoms with E-state index in [2.05, 4.69) is 0 Å². The third-order valence-electron chi connectivity index (χ3n) is 2.53. The van der Waals surface area contributed by atoms with Crippen molar-refractivity contribution in [1.82, 2.24) is 4.31 Å². The first-order chi connectivity index (χ1) is 8.80. The van der Waals surface area contributed by atoms with Gasteiger partial charge in [-0.2, -0.15) is 11.8 Å². The normalized spacial score (nSPS) is 11.7. The summed E-state index contributed by atoms with van der Waals surface area (Å²) in [7, 11) is -2.40. The number of nitrogen functional groups attached to an aromatic ring is 1. The minimum Gasteiger partial charge on any atom is -0.478 e. The van der Waals surface area contributed by atoms with Crippen LogP contribution in [0.3, 0.4) is 0 Å². The smallest absolute Gasteiger partial charge is 0.337 e. The largest absolute Gasteiger partial charge is 0.478 e. The molecule has 3 N–H and O–H groups in total. The number of nitrogens with zero attached hydrogens (tertiary/aromatic N) is 1. The van der Waals surface area contributed by atoms with E-state index in [1.165, 1.54) is 30.9 Å². The number of sulfonamides is 1. The van der Waals surface area contributed by atoms with Crippen LogP contribution in [0.25, 0.3) is 0 Å². The molecule has 0 amide bonds. The maximum absolute atomic E-state index is 12.3. The van der Waals surface area contributed by atoms with Crippen molar-refractivity contribution in [3.63, 3.8) is 0 Å². The number of rotatable bonds is 6. The van der Waals surface area contributed by atoms with Crippen LogP contribution in [0.4, 0.5) is 5.69 Å². The summed E-state index contributed by atoms with van der Waals surface area (Å²) in [6.07, 6.45) is 1.87. The molecule has 0 unspecified atom stereocenters. The van der Waals surface area contributed by atoms with Crippen molar-refractivity contribution in [2.24, 2.45) is 0 Å². The first-order valence-corrected chi connectivity index (χ1v) is 8.22. The van der Waals surface area contributed by atoms with Gasteiger partial charge in [0.15, 0.2) is 0 Å². The zero-order valence-corrected chi connectivity index (χ0v) is 12.3. The second-order valence-electron chi connectivity index (χ2n) is 3.88. The number of carbonyl (C=O) groups is 1. The van der Waals surface area contributed by atoms with E-state index in [-0.39, 0.29) is 16.1 Å². The zero-order valence-electron chi connectivity index (χ0n) is 10.7. The van der Waals surface area contributed by atoms with Gasteiger partial charge in [0.05, 0.1) is 10.5 Å². The summed E-state index contributed by atoms with van der Waals surface area (Å²) in [5.41, 5.74) is 5.39. The lowest BCUT2D eigenvalue weighted by Crippen LogP contribution is -2.30. The molecule has 1 rings (SSSR count). The van der Waals surface area contributed by atoms with E-state index in [0.29, 0.717) is 12.3 Å². The Morgan fingerprint density at radius 1 is 1.47 bits per heavy atom. The zero-order chi connectivity index (χ0) is 14.6. The van der Waals surface area contributed by atoms with Crippen molar-refractivity contribution < 1.29 is 18.3 Å². The molecule has 0 aliphatic rings. The van der Waals surface area contributed by atoms with Gasteiger partial charge < -0.3 is 10.8 Å². The summed E-state index contributed by atoms with van der Waals surface area (Å²) in [6.45, 7) is 0.312. The molecule has 0 saturated heterocycles. The molecule has 0 atom stereocenters. The first-order valence-electron chi connectivity index (χ1n) is 5.38. The number of anilines is 1. The van der Waals surface area contributed by atoms with Crippen LogP contribution in [0.1, 0.15) is 10.4 Å². The molecule has 0 aliphatic heterocycles. The van der Waals surface area contributed by atoms with E-state index in [1.54, 1.807) is 0 Å². The molecule has 0 spiro atoms. The summed E-state index contributed by atoms with van der Waals surface area (Å²) >= 11 is 1.51. The SMILES string of the molecule is CSCCN(C)S(=O)(=O)c1ccc(N)cc1C(=O)O. The highest BCUT2D eigenvalue weighted by molar-refractivity contribution is 7.98. The van der Waals surface area contributed by atoms with Crippen LogP contribution in [-0.4, -0.2) is 49.4 Å². The molecular weight excluding hydrogens is 288 g/mol. The standard InChI is InChI=1S/C11H16N2O4S2/c1-13(5-6-18-2)19(16,17)10-4-3-8(12)7-9(10)11(14)15/h3-4,7H,5-6,12H2,1-2H3,(H,14,15). The Hall–Kier alpha value is -1.25. The molecule has 0 bridgehead atoms. The Morgan fingerprint density at radius 2 is 2.11 bits per heavy atom. The highest BCUT2D eigenvalue weighted by atomic mass is 32.2. The minimum atomic E-state index is -3.82. The van der Waals surface area contributed by atoms with Gasteiger partial charge in [0.2, 0.25) is 10.0 Å². The van der Waals surface area contributed by atoms with Gasteiger partial charge in [0.25, 0.3) is 0 Å². The predicted molar refractivity (Wildman–Crippen MR) is 76.0 cm³/mol. The summed E-state index contributed by atoms with van der Waals surface area (Å²) in [6, 6.07) is 3.75. The highest BCUT2D eigenvalue weighted by Gasteiger charge is 2.26. The second kappa shape index (κ2) is 6.27. The van der Waals surface area contributed by atoms with Crippen LogP contribution in [0.15, 0.2) is 23.1 Å². The Kier molecular flexibility index (Phi) is 5.21. The molecule has 0 heterocycles. The van der Waals surface area contributed by atoms with E-state index < -0.39 is 16.0 Å². The van der Waals surface area contributed by atoms with E-state index in [1.807, 2.05) is 6.26 Å². The molecule has 6 nitrogen and oxygen atoms in total. The van der Waals surface area contributed by atoms with Gasteiger partial charge >= 0.3 is 5.97 Å². The molecule has 0 aliphatic carbocycles. The molecular formula is C11H16N2O4S2. The Labute approximate surface area is 116 Å². The third-order valence-corrected chi connectivity index (χ3v) is 5.04. The van der Waals surface area contributed by atoms with Gasteiger partial charge in [-0.1, -0.05) is 0 Å². The fourth-order valence-electron chi connectivity index (χ4n) is 1.45. The summed E-state index contributed by atoms with van der Waals surface area (Å²) in [5.74, 6) is -0.684. The highest BCUT2D eigenvalue weighted by Crippen LogP contribution is 2.22. The molecule has 106 valence electrons. The van der Waals surface area contributed by atoms with Crippen LogP contribution in [0.5, 0.6) is 0 Å². The van der Waals surface area contributed by atoms with Crippen molar-refractivity contribution in [3.05, 3.63) is 23.8 Å². The maximum atomic E-state index is 12.3. The van der Waals surface area contributed by atoms with Crippen molar-refractivity contribution in [2.75, 3.05) is 31.3 Å². The molecule has 0 aromatic heterocycles. The molecule has 0 fully saturated rings. The number of nitrogens with two attached hydrogens (primary N) is 1. The number of benzene rings is 1. The Bertz CT molecular complexity index is 572. The van der Waals surface area contributed by atoms with Crippen LogP contribution in [-0.2, 0) is 10.0 Å². The molecule has 0 saturated carbocycles. The molecule has 0 radical (unpaired) electrons. The van der Waals surface area contributed by atoms with Crippen molar-refractivity contribution in [3.8, 4) is 0 Å². The Balaban J connectivity index is 3.25. The summed E-state index contributed by atoms with van der Waals surface area (Å²) < 4.78 is 25.7. The number of hydrogen-bond donors (Lipinski definition) is 2. The average molecular weight is 304 g/mol. The Morgan fingerprint density at radius 3 is 2.63 bits per heavy atom. The lowest BCUT2D eigenvalue weighted by Gasteiger charge is -2.18. The maximum Gasteiger partial charge on any atom is 0.337 e. The summed E-state index contributed by atoms with van der Waals surface area (Å²) in [5, 5.41) is 9.07. The summed E-state index contributed by atoms with van der Waals surface area (Å²) in [4.78, 5) is 10.9. The minimum absolute atomic E-state index is 0.211. The quantitative estimate of drug-likeness (QED) is 0.759. The van der Waals surface area contributed by atoms with Crippen LogP contribution in [0.2, 0.25) is 0 Å². The van der Waals surface area contributed by atoms with Crippen molar-refractivity contribution in [1.29, 1.82) is 0 Å². The van der Waals surface area contributed by atoms with E-state index in [9.17, 15) is 13.2 Å². The third kappa shape index (κ3) is 3.62. The lowest BCUT2D eigenvalue weighted by atomic mass is 10.2. The van der Waals surface area contributed by atoms with Gasteiger partial charge in [0, 0.05) is 25.0 Å². The molecule has 1 aromatic rings. The van der Waals surface area contributed by atoms with Crippen LogP contribution < -0.4 is 5.73 Å². The number of thioether (sulfide) groups is 1. The fraction of sp³-hybridized carbons (Fsp3) is 0.364. The van der Waals surface area contributed by atoms with Gasteiger partial charge in [-0.3, -0.25) is 0 Å². The monoisotopic (exact) mass is 304 g/mol. The van der Waals surface area contributed by atoms with Gasteiger partial charge in [0.1, 0.15) is 0 Å². The topological polar surface area (TPSA) is 101 Å². The number of carboxylic acid groups (broad SMARTS) is 1. The number of aromatic carboxylic acids is 1. The lowest BCUT2D eigenvalue weighted by molar-refractivity contribution is 0.0692. The number of carboxylic acids is 1. The van der Waals surface area contributed by atoms with E-state index >= 15 is 0 Å². The first kappa shape index (κ1) is 15.8. The molecule has 8 heteroatoms. The average Bonchev–Trinajstić information content (AvgIpc) is 2.35. The molecule has 1 aromatic carbocycles. The second-order valence-corrected chi connectivity index (χ2v) is 6.88. The van der Waals surface area contributed by atoms with Crippen molar-refractivity contribution in [2.45, 2.75) is 4.90 Å². The van der Waals surface area contributed by atoms with Crippen LogP contribution in [0, 0.1) is 0 Å². The van der Waals surface area contributed by atoms with Gasteiger partial charge in [-0.25, -0.2) is 17.5 Å².